The quantitative estimate of drug-likeness (QED) is 0.474. The van der Waals surface area contributed by atoms with Gasteiger partial charge < -0.3 is 4.74 Å². The van der Waals surface area contributed by atoms with Crippen molar-refractivity contribution in [3.8, 4) is 5.75 Å². The molecular formula is C16H13ClO2. The Balaban J connectivity index is 2.01. The second-order valence-corrected chi connectivity index (χ2v) is 4.48. The number of carbonyl (C=O) groups is 1. The Morgan fingerprint density at radius 1 is 1.16 bits per heavy atom. The zero-order valence-corrected chi connectivity index (χ0v) is 11.2. The maximum absolute atomic E-state index is 11.6. The third-order valence-corrected chi connectivity index (χ3v) is 2.98. The SMILES string of the molecule is Cc1ccc(OC(=O)/C=C/c2ccccc2)cc1Cl. The summed E-state index contributed by atoms with van der Waals surface area (Å²) in [4.78, 5) is 11.6. The van der Waals surface area contributed by atoms with Gasteiger partial charge in [0, 0.05) is 11.1 Å². The second kappa shape index (κ2) is 6.21. The smallest absolute Gasteiger partial charge is 0.336 e. The molecule has 0 amide bonds. The molecule has 0 atom stereocenters. The molecule has 0 aromatic heterocycles. The minimum Gasteiger partial charge on any atom is -0.423 e. The van der Waals surface area contributed by atoms with E-state index in [-0.39, 0.29) is 0 Å². The highest BCUT2D eigenvalue weighted by Crippen LogP contribution is 2.21. The molecule has 0 saturated heterocycles. The largest absolute Gasteiger partial charge is 0.423 e. The van der Waals surface area contributed by atoms with E-state index < -0.39 is 5.97 Å². The molecule has 2 aromatic carbocycles. The minimum atomic E-state index is -0.427. The molecule has 0 aliphatic heterocycles. The number of aryl methyl sites for hydroxylation is 1. The van der Waals surface area contributed by atoms with E-state index in [0.717, 1.165) is 11.1 Å². The Labute approximate surface area is 117 Å². The third kappa shape index (κ3) is 3.97. The number of esters is 1. The van der Waals surface area contributed by atoms with Crippen LogP contribution in [0.15, 0.2) is 54.6 Å². The van der Waals surface area contributed by atoms with E-state index in [2.05, 4.69) is 0 Å². The molecule has 0 aliphatic rings. The van der Waals surface area contributed by atoms with Crippen LogP contribution in [-0.4, -0.2) is 5.97 Å². The van der Waals surface area contributed by atoms with Crippen molar-refractivity contribution in [1.82, 2.24) is 0 Å². The van der Waals surface area contributed by atoms with Gasteiger partial charge in [-0.25, -0.2) is 4.79 Å². The molecule has 0 bridgehead atoms. The normalized spacial score (nSPS) is 10.6. The van der Waals surface area contributed by atoms with Crippen molar-refractivity contribution in [2.75, 3.05) is 0 Å². The maximum Gasteiger partial charge on any atom is 0.336 e. The van der Waals surface area contributed by atoms with E-state index >= 15 is 0 Å². The topological polar surface area (TPSA) is 26.3 Å². The Morgan fingerprint density at radius 3 is 2.58 bits per heavy atom. The fourth-order valence-electron chi connectivity index (χ4n) is 1.52. The highest BCUT2D eigenvalue weighted by molar-refractivity contribution is 6.31. The Kier molecular flexibility index (Phi) is 4.37. The summed E-state index contributed by atoms with van der Waals surface area (Å²) < 4.78 is 5.16. The summed E-state index contributed by atoms with van der Waals surface area (Å²) in [5.41, 5.74) is 1.89. The van der Waals surface area contributed by atoms with Crippen LogP contribution in [0.1, 0.15) is 11.1 Å². The molecule has 0 radical (unpaired) electrons. The molecule has 0 spiro atoms. The number of halogens is 1. The summed E-state index contributed by atoms with van der Waals surface area (Å²) in [5.74, 6) is 0.0158. The van der Waals surface area contributed by atoms with Crippen LogP contribution in [0.2, 0.25) is 5.02 Å². The van der Waals surface area contributed by atoms with Gasteiger partial charge in [0.15, 0.2) is 0 Å². The highest BCUT2D eigenvalue weighted by Gasteiger charge is 2.02. The summed E-state index contributed by atoms with van der Waals surface area (Å²) in [6, 6.07) is 14.7. The van der Waals surface area contributed by atoms with Crippen molar-refractivity contribution < 1.29 is 9.53 Å². The summed E-state index contributed by atoms with van der Waals surface area (Å²) in [6.45, 7) is 1.89. The number of hydrogen-bond acceptors (Lipinski definition) is 2. The average molecular weight is 273 g/mol. The summed E-state index contributed by atoms with van der Waals surface area (Å²) in [5, 5.41) is 0.581. The lowest BCUT2D eigenvalue weighted by Crippen LogP contribution is -2.03. The van der Waals surface area contributed by atoms with E-state index in [1.54, 1.807) is 18.2 Å². The molecule has 0 N–H and O–H groups in total. The van der Waals surface area contributed by atoms with Gasteiger partial charge in [-0.2, -0.15) is 0 Å². The van der Waals surface area contributed by atoms with Gasteiger partial charge >= 0.3 is 5.97 Å². The van der Waals surface area contributed by atoms with Crippen molar-refractivity contribution in [1.29, 1.82) is 0 Å². The molecule has 2 nitrogen and oxygen atoms in total. The first-order chi connectivity index (χ1) is 9.15. The molecule has 0 saturated carbocycles. The number of ether oxygens (including phenoxy) is 1. The van der Waals surface area contributed by atoms with Gasteiger partial charge in [-0.1, -0.05) is 48.0 Å². The van der Waals surface area contributed by atoms with Crippen LogP contribution in [0.4, 0.5) is 0 Å². The predicted octanol–water partition coefficient (Wildman–Crippen LogP) is 4.27. The number of carbonyl (C=O) groups excluding carboxylic acids is 1. The first kappa shape index (κ1) is 13.4. The molecule has 19 heavy (non-hydrogen) atoms. The Hall–Kier alpha value is -2.06. The van der Waals surface area contributed by atoms with Crippen molar-refractivity contribution in [2.45, 2.75) is 6.92 Å². The lowest BCUT2D eigenvalue weighted by atomic mass is 10.2. The fraction of sp³-hybridized carbons (Fsp3) is 0.0625. The summed E-state index contributed by atoms with van der Waals surface area (Å²) in [6.07, 6.45) is 3.10. The van der Waals surface area contributed by atoms with Crippen molar-refractivity contribution >= 4 is 23.6 Å². The van der Waals surface area contributed by atoms with E-state index in [1.165, 1.54) is 6.08 Å². The maximum atomic E-state index is 11.6. The standard InChI is InChI=1S/C16H13ClO2/c1-12-7-9-14(11-15(12)17)19-16(18)10-8-13-5-3-2-4-6-13/h2-11H,1H3/b10-8+. The molecule has 0 heterocycles. The van der Waals surface area contributed by atoms with Gasteiger partial charge in [-0.3, -0.25) is 0 Å². The number of hydrogen-bond donors (Lipinski definition) is 0. The number of benzene rings is 2. The molecule has 2 rings (SSSR count). The zero-order valence-electron chi connectivity index (χ0n) is 10.5. The first-order valence-corrected chi connectivity index (χ1v) is 6.24. The van der Waals surface area contributed by atoms with Gasteiger partial charge in [-0.15, -0.1) is 0 Å². The van der Waals surface area contributed by atoms with Crippen LogP contribution in [0, 0.1) is 6.92 Å². The third-order valence-electron chi connectivity index (χ3n) is 2.57. The van der Waals surface area contributed by atoms with E-state index in [9.17, 15) is 4.79 Å². The van der Waals surface area contributed by atoms with Gasteiger partial charge in [0.2, 0.25) is 0 Å². The molecule has 0 fully saturated rings. The van der Waals surface area contributed by atoms with Gasteiger partial charge in [0.05, 0.1) is 0 Å². The molecule has 0 unspecified atom stereocenters. The highest BCUT2D eigenvalue weighted by atomic mass is 35.5. The fourth-order valence-corrected chi connectivity index (χ4v) is 1.69. The molecular weight excluding hydrogens is 260 g/mol. The van der Waals surface area contributed by atoms with Crippen LogP contribution in [0.3, 0.4) is 0 Å². The number of rotatable bonds is 3. The van der Waals surface area contributed by atoms with Crippen LogP contribution in [-0.2, 0) is 4.79 Å². The van der Waals surface area contributed by atoms with Crippen molar-refractivity contribution in [3.05, 3.63) is 70.8 Å². The lowest BCUT2D eigenvalue weighted by molar-refractivity contribution is -0.128. The van der Waals surface area contributed by atoms with Gasteiger partial charge in [-0.05, 0) is 36.3 Å². The van der Waals surface area contributed by atoms with Gasteiger partial charge in [0.1, 0.15) is 5.75 Å². The predicted molar refractivity (Wildman–Crippen MR) is 77.3 cm³/mol. The first-order valence-electron chi connectivity index (χ1n) is 5.86. The zero-order chi connectivity index (χ0) is 13.7. The Bertz CT molecular complexity index is 603. The molecule has 96 valence electrons. The molecule has 2 aromatic rings. The lowest BCUT2D eigenvalue weighted by Gasteiger charge is -2.03. The Morgan fingerprint density at radius 2 is 1.89 bits per heavy atom. The molecule has 3 heteroatoms. The van der Waals surface area contributed by atoms with E-state index in [1.807, 2.05) is 43.3 Å². The van der Waals surface area contributed by atoms with Gasteiger partial charge in [0.25, 0.3) is 0 Å². The second-order valence-electron chi connectivity index (χ2n) is 4.08. The monoisotopic (exact) mass is 272 g/mol. The van der Waals surface area contributed by atoms with Crippen LogP contribution in [0.25, 0.3) is 6.08 Å². The van der Waals surface area contributed by atoms with Crippen LogP contribution >= 0.6 is 11.6 Å². The van der Waals surface area contributed by atoms with Crippen LogP contribution in [0.5, 0.6) is 5.75 Å². The van der Waals surface area contributed by atoms with Crippen LogP contribution < -0.4 is 4.74 Å². The van der Waals surface area contributed by atoms with Crippen molar-refractivity contribution in [3.63, 3.8) is 0 Å². The van der Waals surface area contributed by atoms with E-state index in [4.69, 9.17) is 16.3 Å². The van der Waals surface area contributed by atoms with Crippen molar-refractivity contribution in [2.24, 2.45) is 0 Å². The molecule has 0 aliphatic carbocycles. The van der Waals surface area contributed by atoms with E-state index in [0.29, 0.717) is 10.8 Å². The summed E-state index contributed by atoms with van der Waals surface area (Å²) in [7, 11) is 0. The summed E-state index contributed by atoms with van der Waals surface area (Å²) >= 11 is 5.96. The minimum absolute atomic E-state index is 0.427. The average Bonchev–Trinajstić information content (AvgIpc) is 2.42.